The highest BCUT2D eigenvalue weighted by Gasteiger charge is 2.37. The molecule has 0 radical (unpaired) electrons. The van der Waals surface area contributed by atoms with Crippen LogP contribution in [0.4, 0.5) is 0 Å². The van der Waals surface area contributed by atoms with Crippen molar-refractivity contribution >= 4 is 0 Å². The maximum absolute atomic E-state index is 3.60. The summed E-state index contributed by atoms with van der Waals surface area (Å²) in [4.78, 5) is 2.75. The van der Waals surface area contributed by atoms with Crippen molar-refractivity contribution in [3.05, 3.63) is 0 Å². The zero-order valence-electron chi connectivity index (χ0n) is 14.3. The van der Waals surface area contributed by atoms with Crippen LogP contribution in [0.1, 0.15) is 79.1 Å². The van der Waals surface area contributed by atoms with E-state index < -0.39 is 0 Å². The van der Waals surface area contributed by atoms with Crippen LogP contribution in [0.5, 0.6) is 0 Å². The highest BCUT2D eigenvalue weighted by molar-refractivity contribution is 4.90. The maximum atomic E-state index is 3.60. The van der Waals surface area contributed by atoms with Gasteiger partial charge in [0.25, 0.3) is 0 Å². The first kappa shape index (κ1) is 16.3. The first-order chi connectivity index (χ1) is 9.40. The lowest BCUT2D eigenvalue weighted by molar-refractivity contribution is 0.0777. The van der Waals surface area contributed by atoms with Gasteiger partial charge in [0, 0.05) is 11.6 Å². The van der Waals surface area contributed by atoms with Crippen LogP contribution in [0.25, 0.3) is 0 Å². The Bertz CT molecular complexity index is 276. The summed E-state index contributed by atoms with van der Waals surface area (Å²) in [6.07, 6.45) is 11.6. The lowest BCUT2D eigenvalue weighted by Crippen LogP contribution is -2.44. The van der Waals surface area contributed by atoms with Crippen molar-refractivity contribution in [2.24, 2.45) is 5.41 Å². The molecule has 0 aromatic rings. The molecule has 1 unspecified atom stereocenters. The molecule has 1 N–H and O–H groups in total. The second kappa shape index (κ2) is 6.79. The van der Waals surface area contributed by atoms with Crippen LogP contribution in [-0.4, -0.2) is 36.1 Å². The molecule has 2 nitrogen and oxygen atoms in total. The van der Waals surface area contributed by atoms with Gasteiger partial charge in [0.05, 0.1) is 0 Å². The molecule has 2 fully saturated rings. The van der Waals surface area contributed by atoms with Crippen molar-refractivity contribution in [3.63, 3.8) is 0 Å². The highest BCUT2D eigenvalue weighted by Crippen LogP contribution is 2.46. The van der Waals surface area contributed by atoms with Gasteiger partial charge < -0.3 is 10.2 Å². The molecule has 1 atom stereocenters. The predicted molar refractivity (Wildman–Crippen MR) is 88.2 cm³/mol. The molecular formula is C18H36N2. The normalized spacial score (nSPS) is 25.2. The van der Waals surface area contributed by atoms with E-state index in [0.717, 1.165) is 18.0 Å². The Morgan fingerprint density at radius 3 is 2.20 bits per heavy atom. The van der Waals surface area contributed by atoms with Gasteiger partial charge in [-0.3, -0.25) is 0 Å². The Morgan fingerprint density at radius 1 is 1.05 bits per heavy atom. The predicted octanol–water partition coefficient (Wildman–Crippen LogP) is 4.20. The molecule has 1 saturated heterocycles. The zero-order chi connectivity index (χ0) is 14.6. The van der Waals surface area contributed by atoms with E-state index in [0.29, 0.717) is 0 Å². The molecule has 0 aromatic heterocycles. The second-order valence-corrected chi connectivity index (χ2v) is 8.41. The van der Waals surface area contributed by atoms with E-state index in [1.54, 1.807) is 0 Å². The summed E-state index contributed by atoms with van der Waals surface area (Å²) in [5, 5.41) is 3.60. The van der Waals surface area contributed by atoms with Crippen LogP contribution in [0.15, 0.2) is 0 Å². The average Bonchev–Trinajstić information content (AvgIpc) is 2.82. The zero-order valence-corrected chi connectivity index (χ0v) is 14.3. The molecule has 0 bridgehead atoms. The fraction of sp³-hybridized carbons (Fsp3) is 1.00. The summed E-state index contributed by atoms with van der Waals surface area (Å²) < 4.78 is 0. The van der Waals surface area contributed by atoms with E-state index in [-0.39, 0.29) is 5.54 Å². The van der Waals surface area contributed by atoms with E-state index in [2.05, 4.69) is 37.9 Å². The number of hydrogen-bond acceptors (Lipinski definition) is 2. The summed E-state index contributed by atoms with van der Waals surface area (Å²) in [5.74, 6) is 0. The fourth-order valence-corrected chi connectivity index (χ4v) is 4.11. The van der Waals surface area contributed by atoms with E-state index >= 15 is 0 Å². The Morgan fingerprint density at radius 2 is 1.65 bits per heavy atom. The number of rotatable bonds is 5. The molecule has 1 aliphatic carbocycles. The van der Waals surface area contributed by atoms with Crippen LogP contribution < -0.4 is 5.32 Å². The average molecular weight is 280 g/mol. The lowest BCUT2D eigenvalue weighted by atomic mass is 9.77. The molecule has 1 spiro atoms. The van der Waals surface area contributed by atoms with Crippen LogP contribution in [0.3, 0.4) is 0 Å². The molecule has 2 heteroatoms. The standard InChI is InChI=1S/C18H36N2/c1-16(8-7-13-19-17(2,3)4)20-14-11-18(12-15-20)9-5-6-10-18/h16,19H,5-15H2,1-4H3. The number of likely N-dealkylation sites (tertiary alicyclic amines) is 1. The highest BCUT2D eigenvalue weighted by atomic mass is 15.2. The molecule has 2 rings (SSSR count). The van der Waals surface area contributed by atoms with Gasteiger partial charge in [0.15, 0.2) is 0 Å². The first-order valence-corrected chi connectivity index (χ1v) is 8.89. The minimum absolute atomic E-state index is 0.267. The molecule has 118 valence electrons. The van der Waals surface area contributed by atoms with Crippen molar-refractivity contribution in [1.29, 1.82) is 0 Å². The largest absolute Gasteiger partial charge is 0.312 e. The van der Waals surface area contributed by atoms with Gasteiger partial charge in [-0.15, -0.1) is 0 Å². The number of nitrogens with one attached hydrogen (secondary N) is 1. The molecule has 20 heavy (non-hydrogen) atoms. The van der Waals surface area contributed by atoms with Crippen molar-refractivity contribution in [3.8, 4) is 0 Å². The lowest BCUT2D eigenvalue weighted by Gasteiger charge is -2.42. The van der Waals surface area contributed by atoms with Crippen LogP contribution in [-0.2, 0) is 0 Å². The topological polar surface area (TPSA) is 15.3 Å². The van der Waals surface area contributed by atoms with E-state index in [1.165, 1.54) is 64.5 Å². The minimum atomic E-state index is 0.267. The Labute approximate surface area is 126 Å². The van der Waals surface area contributed by atoms with Crippen molar-refractivity contribution in [2.45, 2.75) is 90.6 Å². The third-order valence-electron chi connectivity index (χ3n) is 5.60. The van der Waals surface area contributed by atoms with Crippen molar-refractivity contribution in [2.75, 3.05) is 19.6 Å². The third-order valence-corrected chi connectivity index (χ3v) is 5.60. The van der Waals surface area contributed by atoms with E-state index in [1.807, 2.05) is 0 Å². The minimum Gasteiger partial charge on any atom is -0.312 e. The van der Waals surface area contributed by atoms with E-state index in [4.69, 9.17) is 0 Å². The second-order valence-electron chi connectivity index (χ2n) is 8.41. The van der Waals surface area contributed by atoms with Crippen LogP contribution in [0.2, 0.25) is 0 Å². The SMILES string of the molecule is CC(CCCNC(C)(C)C)N1CCC2(CCCC2)CC1. The molecule has 0 aromatic carbocycles. The third kappa shape index (κ3) is 4.73. The van der Waals surface area contributed by atoms with Gasteiger partial charge in [0.1, 0.15) is 0 Å². The smallest absolute Gasteiger partial charge is 0.00965 e. The molecule has 0 amide bonds. The monoisotopic (exact) mass is 280 g/mol. The summed E-state index contributed by atoms with van der Waals surface area (Å²) >= 11 is 0. The van der Waals surface area contributed by atoms with Gasteiger partial charge in [-0.2, -0.15) is 0 Å². The molecule has 1 saturated carbocycles. The van der Waals surface area contributed by atoms with Crippen LogP contribution in [0, 0.1) is 5.41 Å². The molecular weight excluding hydrogens is 244 g/mol. The first-order valence-electron chi connectivity index (χ1n) is 8.89. The molecule has 1 heterocycles. The Kier molecular flexibility index (Phi) is 5.53. The van der Waals surface area contributed by atoms with Crippen LogP contribution >= 0.6 is 0 Å². The number of hydrogen-bond donors (Lipinski definition) is 1. The summed E-state index contributed by atoms with van der Waals surface area (Å²) in [6, 6.07) is 0.774. The molecule has 1 aliphatic heterocycles. The number of piperidine rings is 1. The molecule has 2 aliphatic rings. The van der Waals surface area contributed by atoms with Gasteiger partial charge in [-0.1, -0.05) is 12.8 Å². The quantitative estimate of drug-likeness (QED) is 0.759. The van der Waals surface area contributed by atoms with Crippen molar-refractivity contribution in [1.82, 2.24) is 10.2 Å². The fourth-order valence-electron chi connectivity index (χ4n) is 4.11. The van der Waals surface area contributed by atoms with Crippen molar-refractivity contribution < 1.29 is 0 Å². The summed E-state index contributed by atoms with van der Waals surface area (Å²) in [6.45, 7) is 13.1. The van der Waals surface area contributed by atoms with E-state index in [9.17, 15) is 0 Å². The van der Waals surface area contributed by atoms with Gasteiger partial charge in [-0.25, -0.2) is 0 Å². The van der Waals surface area contributed by atoms with Gasteiger partial charge >= 0.3 is 0 Å². The Hall–Kier alpha value is -0.0800. The van der Waals surface area contributed by atoms with Gasteiger partial charge in [0.2, 0.25) is 0 Å². The van der Waals surface area contributed by atoms with Gasteiger partial charge in [-0.05, 0) is 91.3 Å². The number of nitrogens with zero attached hydrogens (tertiary/aromatic N) is 1. The summed E-state index contributed by atoms with van der Waals surface area (Å²) in [5.41, 5.74) is 1.03. The summed E-state index contributed by atoms with van der Waals surface area (Å²) in [7, 11) is 0. The Balaban J connectivity index is 1.63. The maximum Gasteiger partial charge on any atom is 0.00965 e.